The van der Waals surface area contributed by atoms with Gasteiger partial charge in [-0.25, -0.2) is 15.0 Å². The van der Waals surface area contributed by atoms with Gasteiger partial charge < -0.3 is 15.4 Å². The number of imidazole rings is 1. The Morgan fingerprint density at radius 1 is 1.29 bits per heavy atom. The number of nitrogens with two attached hydrogens (primary N) is 1. The number of benzene rings is 1. The van der Waals surface area contributed by atoms with E-state index in [-0.39, 0.29) is 6.61 Å². The molecule has 0 radical (unpaired) electrons. The first kappa shape index (κ1) is 16.5. The van der Waals surface area contributed by atoms with Crippen LogP contribution in [0, 0.1) is 0 Å². The third-order valence-electron chi connectivity index (χ3n) is 3.66. The number of hydrogen-bond acceptors (Lipinski definition) is 6. The molecule has 0 saturated carbocycles. The number of unbranched alkanes of at least 4 members (excludes halogenated alkanes) is 1. The van der Waals surface area contributed by atoms with Gasteiger partial charge in [-0.05, 0) is 24.5 Å². The highest BCUT2D eigenvalue weighted by atomic mass is 32.2. The Morgan fingerprint density at radius 3 is 2.92 bits per heavy atom. The van der Waals surface area contributed by atoms with Crippen molar-refractivity contribution >= 4 is 28.7 Å². The van der Waals surface area contributed by atoms with Crippen molar-refractivity contribution in [3.8, 4) is 0 Å². The fourth-order valence-corrected chi connectivity index (χ4v) is 3.47. The molecule has 3 N–H and O–H groups in total. The second-order valence-corrected chi connectivity index (χ2v) is 6.29. The van der Waals surface area contributed by atoms with E-state index in [1.54, 1.807) is 0 Å². The molecule has 0 spiro atoms. The van der Waals surface area contributed by atoms with E-state index >= 15 is 0 Å². The number of aliphatic hydroxyl groups excluding tert-OH is 1. The highest BCUT2D eigenvalue weighted by Gasteiger charge is 2.16. The average molecular weight is 341 g/mol. The Hall–Kier alpha value is -2.38. The van der Waals surface area contributed by atoms with Gasteiger partial charge in [-0.1, -0.05) is 36.0 Å². The van der Waals surface area contributed by atoms with Crippen molar-refractivity contribution < 1.29 is 5.11 Å². The van der Waals surface area contributed by atoms with E-state index in [1.807, 2.05) is 30.3 Å². The third-order valence-corrected chi connectivity index (χ3v) is 4.77. The van der Waals surface area contributed by atoms with Crippen molar-refractivity contribution in [2.45, 2.75) is 36.0 Å². The zero-order valence-corrected chi connectivity index (χ0v) is 14.0. The van der Waals surface area contributed by atoms with Crippen LogP contribution in [-0.4, -0.2) is 24.6 Å². The summed E-state index contributed by atoms with van der Waals surface area (Å²) >= 11 is 1.50. The molecular formula is C17H19N5OS. The van der Waals surface area contributed by atoms with Crippen molar-refractivity contribution in [1.82, 2.24) is 19.5 Å². The maximum Gasteiger partial charge on any atom is 0.175 e. The van der Waals surface area contributed by atoms with Gasteiger partial charge >= 0.3 is 0 Å². The maximum absolute atomic E-state index is 9.53. The smallest absolute Gasteiger partial charge is 0.175 e. The third kappa shape index (κ3) is 3.27. The largest absolute Gasteiger partial charge is 0.392 e. The standard InChI is InChI=1S/C17H19N5OS/c1-2-3-6-9-22-16-14(15(18)19-11-20-16)21-17(22)24-13-8-5-4-7-12(13)10-23/h2,4-5,7-8,11,23H,1,3,6,9-10H2,(H2,18,19,20). The van der Waals surface area contributed by atoms with Gasteiger partial charge in [0.1, 0.15) is 6.33 Å². The van der Waals surface area contributed by atoms with Gasteiger partial charge in [-0.3, -0.25) is 0 Å². The topological polar surface area (TPSA) is 89.8 Å². The molecule has 0 unspecified atom stereocenters. The van der Waals surface area contributed by atoms with Crippen LogP contribution in [0.2, 0.25) is 0 Å². The van der Waals surface area contributed by atoms with Crippen molar-refractivity contribution in [2.24, 2.45) is 0 Å². The molecule has 3 rings (SSSR count). The minimum Gasteiger partial charge on any atom is -0.392 e. The van der Waals surface area contributed by atoms with Crippen LogP contribution in [0.4, 0.5) is 5.82 Å². The molecule has 7 heteroatoms. The molecule has 0 aliphatic rings. The maximum atomic E-state index is 9.53. The fourth-order valence-electron chi connectivity index (χ4n) is 2.44. The number of hydrogen-bond donors (Lipinski definition) is 2. The van der Waals surface area contributed by atoms with E-state index < -0.39 is 0 Å². The number of allylic oxidation sites excluding steroid dienone is 1. The van der Waals surface area contributed by atoms with Crippen LogP contribution in [0.5, 0.6) is 0 Å². The number of fused-ring (bicyclic) bond motifs is 1. The fraction of sp³-hybridized carbons (Fsp3) is 0.235. The summed E-state index contributed by atoms with van der Waals surface area (Å²) in [5.74, 6) is 0.375. The van der Waals surface area contributed by atoms with Crippen molar-refractivity contribution in [1.29, 1.82) is 0 Å². The molecule has 0 saturated heterocycles. The SMILES string of the molecule is C=CCCCn1c(Sc2ccccc2CO)nc2c(N)ncnc21. The van der Waals surface area contributed by atoms with Gasteiger partial charge in [0.25, 0.3) is 0 Å². The Morgan fingerprint density at radius 2 is 2.12 bits per heavy atom. The van der Waals surface area contributed by atoms with Crippen LogP contribution in [-0.2, 0) is 13.2 Å². The van der Waals surface area contributed by atoms with Gasteiger partial charge in [0, 0.05) is 11.4 Å². The van der Waals surface area contributed by atoms with Gasteiger partial charge in [0.05, 0.1) is 6.61 Å². The van der Waals surface area contributed by atoms with Crippen LogP contribution >= 0.6 is 11.8 Å². The summed E-state index contributed by atoms with van der Waals surface area (Å²) in [5, 5.41) is 10.3. The first-order valence-corrected chi connectivity index (χ1v) is 8.50. The van der Waals surface area contributed by atoms with Crippen molar-refractivity contribution in [3.05, 3.63) is 48.8 Å². The molecule has 2 aromatic heterocycles. The number of rotatable bonds is 7. The number of nitrogens with zero attached hydrogens (tertiary/aromatic N) is 4. The average Bonchev–Trinajstić information content (AvgIpc) is 2.95. The van der Waals surface area contributed by atoms with E-state index in [0.717, 1.165) is 40.6 Å². The lowest BCUT2D eigenvalue weighted by atomic mass is 10.2. The lowest BCUT2D eigenvalue weighted by molar-refractivity contribution is 0.279. The first-order chi connectivity index (χ1) is 11.7. The molecule has 0 aliphatic carbocycles. The number of aliphatic hydroxyl groups is 1. The Kier molecular flexibility index (Phi) is 5.12. The number of aromatic nitrogens is 4. The Labute approximate surface area is 144 Å². The van der Waals surface area contributed by atoms with Gasteiger partial charge in [-0.15, -0.1) is 6.58 Å². The summed E-state index contributed by atoms with van der Waals surface area (Å²) in [4.78, 5) is 14.0. The summed E-state index contributed by atoms with van der Waals surface area (Å²) in [6.45, 7) is 4.52. The number of anilines is 1. The lowest BCUT2D eigenvalue weighted by Gasteiger charge is -2.09. The summed E-state index contributed by atoms with van der Waals surface area (Å²) in [6.07, 6.45) is 5.21. The lowest BCUT2D eigenvalue weighted by Crippen LogP contribution is -2.02. The first-order valence-electron chi connectivity index (χ1n) is 7.68. The Bertz CT molecular complexity index is 861. The van der Waals surface area contributed by atoms with Gasteiger partial charge in [-0.2, -0.15) is 0 Å². The molecule has 6 nitrogen and oxygen atoms in total. The summed E-state index contributed by atoms with van der Waals surface area (Å²) in [6, 6.07) is 7.73. The predicted octanol–water partition coefficient (Wildman–Crippen LogP) is 3.02. The molecule has 24 heavy (non-hydrogen) atoms. The van der Waals surface area contributed by atoms with E-state index in [9.17, 15) is 5.11 Å². The van der Waals surface area contributed by atoms with Crippen LogP contribution in [0.1, 0.15) is 18.4 Å². The zero-order chi connectivity index (χ0) is 16.9. The van der Waals surface area contributed by atoms with Gasteiger partial charge in [0.2, 0.25) is 0 Å². The van der Waals surface area contributed by atoms with E-state index in [2.05, 4.69) is 26.1 Å². The second-order valence-electron chi connectivity index (χ2n) is 5.28. The molecule has 0 fully saturated rings. The Balaban J connectivity index is 2.03. The monoisotopic (exact) mass is 341 g/mol. The van der Waals surface area contributed by atoms with E-state index in [4.69, 9.17) is 5.73 Å². The molecule has 0 amide bonds. The highest BCUT2D eigenvalue weighted by molar-refractivity contribution is 7.99. The summed E-state index contributed by atoms with van der Waals surface area (Å²) in [7, 11) is 0. The zero-order valence-electron chi connectivity index (χ0n) is 13.2. The molecule has 0 aliphatic heterocycles. The molecule has 3 aromatic rings. The number of nitrogen functional groups attached to an aromatic ring is 1. The van der Waals surface area contributed by atoms with Crippen LogP contribution < -0.4 is 5.73 Å². The van der Waals surface area contributed by atoms with Crippen LogP contribution in [0.25, 0.3) is 11.2 Å². The summed E-state index contributed by atoms with van der Waals surface area (Å²) < 4.78 is 2.05. The minimum atomic E-state index is -0.0121. The molecule has 124 valence electrons. The highest BCUT2D eigenvalue weighted by Crippen LogP contribution is 2.33. The van der Waals surface area contributed by atoms with E-state index in [1.165, 1.54) is 18.1 Å². The number of aryl methyl sites for hydroxylation is 1. The van der Waals surface area contributed by atoms with Crippen molar-refractivity contribution in [2.75, 3.05) is 5.73 Å². The quantitative estimate of drug-likeness (QED) is 0.507. The van der Waals surface area contributed by atoms with E-state index in [0.29, 0.717) is 11.3 Å². The molecular weight excluding hydrogens is 322 g/mol. The molecule has 0 bridgehead atoms. The second kappa shape index (κ2) is 7.46. The van der Waals surface area contributed by atoms with Crippen LogP contribution in [0.3, 0.4) is 0 Å². The molecule has 0 atom stereocenters. The summed E-state index contributed by atoms with van der Waals surface area (Å²) in [5.41, 5.74) is 8.16. The molecule has 1 aromatic carbocycles. The van der Waals surface area contributed by atoms with Crippen molar-refractivity contribution in [3.63, 3.8) is 0 Å². The minimum absolute atomic E-state index is 0.0121. The van der Waals surface area contributed by atoms with Crippen LogP contribution in [0.15, 0.2) is 53.3 Å². The van der Waals surface area contributed by atoms with Gasteiger partial charge in [0.15, 0.2) is 22.1 Å². The molecule has 2 heterocycles. The normalized spacial score (nSPS) is 11.0. The predicted molar refractivity (Wildman–Crippen MR) is 95.7 cm³/mol.